The maximum absolute atomic E-state index is 5.17. The molecule has 0 saturated heterocycles. The van der Waals surface area contributed by atoms with Crippen molar-refractivity contribution in [1.82, 2.24) is 5.32 Å². The van der Waals surface area contributed by atoms with Crippen LogP contribution in [0, 0.1) is 0 Å². The van der Waals surface area contributed by atoms with Crippen molar-refractivity contribution >= 4 is 0 Å². The first-order valence-corrected chi connectivity index (χ1v) is 6.68. The van der Waals surface area contributed by atoms with Gasteiger partial charge in [0.15, 0.2) is 0 Å². The Morgan fingerprint density at radius 3 is 2.32 bits per heavy atom. The van der Waals surface area contributed by atoms with Gasteiger partial charge in [0.05, 0.1) is 7.11 Å². The van der Waals surface area contributed by atoms with Gasteiger partial charge in [0.1, 0.15) is 5.75 Å². The Bertz CT molecular complexity index is 478. The quantitative estimate of drug-likeness (QED) is 0.851. The molecule has 1 atom stereocenters. The van der Waals surface area contributed by atoms with Crippen molar-refractivity contribution in [2.45, 2.75) is 19.4 Å². The summed E-state index contributed by atoms with van der Waals surface area (Å²) in [4.78, 5) is 0. The van der Waals surface area contributed by atoms with E-state index < -0.39 is 0 Å². The lowest BCUT2D eigenvalue weighted by atomic mass is 10.0. The molecule has 0 aliphatic heterocycles. The molecule has 0 heterocycles. The van der Waals surface area contributed by atoms with Crippen LogP contribution in [0.2, 0.25) is 0 Å². The molecule has 0 amide bonds. The average Bonchev–Trinajstić information content (AvgIpc) is 2.48. The van der Waals surface area contributed by atoms with Crippen LogP contribution in [0.25, 0.3) is 0 Å². The zero-order valence-corrected chi connectivity index (χ0v) is 11.6. The van der Waals surface area contributed by atoms with Crippen LogP contribution in [0.3, 0.4) is 0 Å². The van der Waals surface area contributed by atoms with E-state index in [1.807, 2.05) is 18.2 Å². The number of rotatable bonds is 6. The van der Waals surface area contributed by atoms with Gasteiger partial charge in [-0.1, -0.05) is 49.4 Å². The van der Waals surface area contributed by atoms with Crippen molar-refractivity contribution in [2.75, 3.05) is 13.7 Å². The molecule has 0 aliphatic carbocycles. The SMILES string of the molecule is COc1ccc([C@@H](C)CNCc2ccccc2)cc1. The fraction of sp³-hybridized carbons (Fsp3) is 0.294. The molecular formula is C17H21NO. The van der Waals surface area contributed by atoms with E-state index in [-0.39, 0.29) is 0 Å². The predicted molar refractivity (Wildman–Crippen MR) is 79.6 cm³/mol. The van der Waals surface area contributed by atoms with Gasteiger partial charge in [-0.15, -0.1) is 0 Å². The van der Waals surface area contributed by atoms with E-state index in [4.69, 9.17) is 4.74 Å². The zero-order chi connectivity index (χ0) is 13.5. The second-order valence-electron chi connectivity index (χ2n) is 4.79. The molecule has 0 radical (unpaired) electrons. The van der Waals surface area contributed by atoms with Crippen molar-refractivity contribution < 1.29 is 4.74 Å². The van der Waals surface area contributed by atoms with Crippen LogP contribution in [0.15, 0.2) is 54.6 Å². The van der Waals surface area contributed by atoms with Gasteiger partial charge in [-0.3, -0.25) is 0 Å². The molecular weight excluding hydrogens is 234 g/mol. The molecule has 100 valence electrons. The highest BCUT2D eigenvalue weighted by atomic mass is 16.5. The third kappa shape index (κ3) is 4.11. The van der Waals surface area contributed by atoms with Gasteiger partial charge in [0.25, 0.3) is 0 Å². The van der Waals surface area contributed by atoms with Gasteiger partial charge in [0, 0.05) is 13.1 Å². The highest BCUT2D eigenvalue weighted by Gasteiger charge is 2.05. The van der Waals surface area contributed by atoms with Crippen LogP contribution in [0.5, 0.6) is 5.75 Å². The van der Waals surface area contributed by atoms with Crippen LogP contribution >= 0.6 is 0 Å². The lowest BCUT2D eigenvalue weighted by molar-refractivity contribution is 0.414. The average molecular weight is 255 g/mol. The number of nitrogens with one attached hydrogen (secondary N) is 1. The fourth-order valence-corrected chi connectivity index (χ4v) is 2.08. The minimum Gasteiger partial charge on any atom is -0.497 e. The molecule has 2 aromatic rings. The second kappa shape index (κ2) is 6.95. The normalized spacial score (nSPS) is 12.1. The molecule has 19 heavy (non-hydrogen) atoms. The third-order valence-electron chi connectivity index (χ3n) is 3.31. The maximum Gasteiger partial charge on any atom is 0.118 e. The van der Waals surface area contributed by atoms with Gasteiger partial charge >= 0.3 is 0 Å². The summed E-state index contributed by atoms with van der Waals surface area (Å²) < 4.78 is 5.17. The highest BCUT2D eigenvalue weighted by molar-refractivity contribution is 5.29. The van der Waals surface area contributed by atoms with Crippen molar-refractivity contribution in [3.63, 3.8) is 0 Å². The number of hydrogen-bond donors (Lipinski definition) is 1. The topological polar surface area (TPSA) is 21.3 Å². The summed E-state index contributed by atoms with van der Waals surface area (Å²) in [6, 6.07) is 18.8. The number of hydrogen-bond acceptors (Lipinski definition) is 2. The largest absolute Gasteiger partial charge is 0.497 e. The fourth-order valence-electron chi connectivity index (χ4n) is 2.08. The summed E-state index contributed by atoms with van der Waals surface area (Å²) in [5.74, 6) is 1.41. The first-order valence-electron chi connectivity index (χ1n) is 6.68. The summed E-state index contributed by atoms with van der Waals surface area (Å²) in [7, 11) is 1.69. The summed E-state index contributed by atoms with van der Waals surface area (Å²) in [6.45, 7) is 4.13. The Labute approximate surface area is 115 Å². The van der Waals surface area contributed by atoms with Crippen LogP contribution in [0.4, 0.5) is 0 Å². The minimum absolute atomic E-state index is 0.495. The molecule has 1 N–H and O–H groups in total. The Hall–Kier alpha value is -1.80. The highest BCUT2D eigenvalue weighted by Crippen LogP contribution is 2.18. The van der Waals surface area contributed by atoms with E-state index in [0.717, 1.165) is 18.8 Å². The minimum atomic E-state index is 0.495. The van der Waals surface area contributed by atoms with Crippen molar-refractivity contribution in [2.24, 2.45) is 0 Å². The van der Waals surface area contributed by atoms with E-state index in [2.05, 4.69) is 48.6 Å². The lowest BCUT2D eigenvalue weighted by Gasteiger charge is -2.13. The van der Waals surface area contributed by atoms with E-state index >= 15 is 0 Å². The first-order chi connectivity index (χ1) is 9.29. The molecule has 0 unspecified atom stereocenters. The summed E-state index contributed by atoms with van der Waals surface area (Å²) in [5, 5.41) is 3.50. The smallest absolute Gasteiger partial charge is 0.118 e. The van der Waals surface area contributed by atoms with Crippen LogP contribution in [-0.2, 0) is 6.54 Å². The van der Waals surface area contributed by atoms with E-state index in [9.17, 15) is 0 Å². The summed E-state index contributed by atoms with van der Waals surface area (Å²) >= 11 is 0. The van der Waals surface area contributed by atoms with Crippen molar-refractivity contribution in [1.29, 1.82) is 0 Å². The first kappa shape index (κ1) is 13.6. The molecule has 0 aliphatic rings. The zero-order valence-electron chi connectivity index (χ0n) is 11.6. The van der Waals surface area contributed by atoms with Gasteiger partial charge in [0.2, 0.25) is 0 Å². The van der Waals surface area contributed by atoms with Crippen LogP contribution in [-0.4, -0.2) is 13.7 Å². The summed E-state index contributed by atoms with van der Waals surface area (Å²) in [5.41, 5.74) is 2.66. The monoisotopic (exact) mass is 255 g/mol. The van der Waals surface area contributed by atoms with Gasteiger partial charge in [-0.25, -0.2) is 0 Å². The third-order valence-corrected chi connectivity index (χ3v) is 3.31. The van der Waals surface area contributed by atoms with Crippen molar-refractivity contribution in [3.05, 3.63) is 65.7 Å². The molecule has 0 fully saturated rings. The van der Waals surface area contributed by atoms with E-state index in [1.165, 1.54) is 11.1 Å². The number of benzene rings is 2. The van der Waals surface area contributed by atoms with Gasteiger partial charge in [-0.05, 0) is 29.2 Å². The summed E-state index contributed by atoms with van der Waals surface area (Å²) in [6.07, 6.45) is 0. The lowest BCUT2D eigenvalue weighted by Crippen LogP contribution is -2.19. The predicted octanol–water partition coefficient (Wildman–Crippen LogP) is 3.59. The molecule has 0 spiro atoms. The maximum atomic E-state index is 5.17. The molecule has 0 saturated carbocycles. The standard InChI is InChI=1S/C17H21NO/c1-14(16-8-10-17(19-2)11-9-16)12-18-13-15-6-4-3-5-7-15/h3-11,14,18H,12-13H2,1-2H3/t14-/m0/s1. The molecule has 0 aromatic heterocycles. The Balaban J connectivity index is 1.82. The van der Waals surface area contributed by atoms with Gasteiger partial charge in [-0.2, -0.15) is 0 Å². The van der Waals surface area contributed by atoms with Crippen LogP contribution in [0.1, 0.15) is 24.0 Å². The van der Waals surface area contributed by atoms with E-state index in [0.29, 0.717) is 5.92 Å². The Morgan fingerprint density at radius 1 is 1.00 bits per heavy atom. The molecule has 2 nitrogen and oxygen atoms in total. The molecule has 2 aromatic carbocycles. The van der Waals surface area contributed by atoms with E-state index in [1.54, 1.807) is 7.11 Å². The number of methoxy groups -OCH3 is 1. The molecule has 2 rings (SSSR count). The van der Waals surface area contributed by atoms with Gasteiger partial charge < -0.3 is 10.1 Å². The molecule has 0 bridgehead atoms. The molecule has 2 heteroatoms. The van der Waals surface area contributed by atoms with Crippen molar-refractivity contribution in [3.8, 4) is 5.75 Å². The Kier molecular flexibility index (Phi) is 4.99. The second-order valence-corrected chi connectivity index (χ2v) is 4.79. The van der Waals surface area contributed by atoms with Crippen LogP contribution < -0.4 is 10.1 Å². The number of ether oxygens (including phenoxy) is 1. The Morgan fingerprint density at radius 2 is 1.68 bits per heavy atom.